The van der Waals surface area contributed by atoms with Gasteiger partial charge in [0.2, 0.25) is 0 Å². The average Bonchev–Trinajstić information content (AvgIpc) is 2.28. The lowest BCUT2D eigenvalue weighted by Gasteiger charge is -2.30. The summed E-state index contributed by atoms with van der Waals surface area (Å²) < 4.78 is 11.3. The van der Waals surface area contributed by atoms with E-state index < -0.39 is 0 Å². The molecule has 88 valence electrons. The van der Waals surface area contributed by atoms with Crippen LogP contribution in [0, 0.1) is 0 Å². The summed E-state index contributed by atoms with van der Waals surface area (Å²) in [5.41, 5.74) is 6.87. The normalized spacial score (nSPS) is 14.9. The predicted molar refractivity (Wildman–Crippen MR) is 64.1 cm³/mol. The average molecular weight is 221 g/mol. The van der Waals surface area contributed by atoms with E-state index in [0.29, 0.717) is 19.8 Å². The van der Waals surface area contributed by atoms with Crippen LogP contribution in [0.2, 0.25) is 0 Å². The third-order valence-corrected chi connectivity index (χ3v) is 3.06. The van der Waals surface area contributed by atoms with Crippen molar-refractivity contribution in [3.8, 4) is 11.5 Å². The second kappa shape index (κ2) is 4.34. The summed E-state index contributed by atoms with van der Waals surface area (Å²) >= 11 is 0. The maximum atomic E-state index is 5.72. The first-order valence-corrected chi connectivity index (χ1v) is 5.74. The molecular weight excluding hydrogens is 202 g/mol. The Morgan fingerprint density at radius 1 is 1.25 bits per heavy atom. The standard InChI is InChI=1S/C13H19NO2/c1-13(2,6-7-14)10-4-3-5-11-12(10)16-9-8-15-11/h3-5H,6-9,14H2,1-2H3. The molecule has 0 amide bonds. The van der Waals surface area contributed by atoms with Gasteiger partial charge in [0.1, 0.15) is 13.2 Å². The number of nitrogens with two attached hydrogens (primary N) is 1. The number of ether oxygens (including phenoxy) is 2. The molecule has 1 heterocycles. The maximum absolute atomic E-state index is 5.72. The fourth-order valence-corrected chi connectivity index (χ4v) is 2.10. The minimum atomic E-state index is 0.0286. The van der Waals surface area contributed by atoms with Gasteiger partial charge in [0.15, 0.2) is 11.5 Å². The minimum Gasteiger partial charge on any atom is -0.486 e. The smallest absolute Gasteiger partial charge is 0.165 e. The highest BCUT2D eigenvalue weighted by Gasteiger charge is 2.27. The van der Waals surface area contributed by atoms with E-state index in [4.69, 9.17) is 15.2 Å². The molecule has 0 saturated carbocycles. The van der Waals surface area contributed by atoms with Gasteiger partial charge in [-0.1, -0.05) is 26.0 Å². The summed E-state index contributed by atoms with van der Waals surface area (Å²) in [4.78, 5) is 0. The van der Waals surface area contributed by atoms with Crippen molar-refractivity contribution in [2.45, 2.75) is 25.7 Å². The SMILES string of the molecule is CC(C)(CCN)c1cccc2c1OCCO2. The zero-order chi connectivity index (χ0) is 11.6. The number of rotatable bonds is 3. The van der Waals surface area contributed by atoms with Gasteiger partial charge < -0.3 is 15.2 Å². The maximum Gasteiger partial charge on any atom is 0.165 e. The topological polar surface area (TPSA) is 44.5 Å². The molecule has 2 N–H and O–H groups in total. The molecule has 1 aromatic carbocycles. The molecule has 0 radical (unpaired) electrons. The van der Waals surface area contributed by atoms with Crippen molar-refractivity contribution in [2.24, 2.45) is 5.73 Å². The molecule has 3 heteroatoms. The van der Waals surface area contributed by atoms with E-state index in [1.54, 1.807) is 0 Å². The Morgan fingerprint density at radius 3 is 2.75 bits per heavy atom. The Bertz CT molecular complexity index is 374. The summed E-state index contributed by atoms with van der Waals surface area (Å²) in [6.45, 7) is 6.31. The van der Waals surface area contributed by atoms with Crippen molar-refractivity contribution in [1.29, 1.82) is 0 Å². The first-order chi connectivity index (χ1) is 7.65. The van der Waals surface area contributed by atoms with E-state index in [9.17, 15) is 0 Å². The number of para-hydroxylation sites is 1. The first-order valence-electron chi connectivity index (χ1n) is 5.74. The van der Waals surface area contributed by atoms with Crippen molar-refractivity contribution in [2.75, 3.05) is 19.8 Å². The molecule has 1 aliphatic heterocycles. The van der Waals surface area contributed by atoms with Crippen LogP contribution < -0.4 is 15.2 Å². The van der Waals surface area contributed by atoms with E-state index >= 15 is 0 Å². The van der Waals surface area contributed by atoms with Crippen molar-refractivity contribution >= 4 is 0 Å². The van der Waals surface area contributed by atoms with Gasteiger partial charge in [0, 0.05) is 5.56 Å². The molecule has 0 aromatic heterocycles. The third-order valence-electron chi connectivity index (χ3n) is 3.06. The first kappa shape index (κ1) is 11.3. The molecule has 1 aliphatic rings. The van der Waals surface area contributed by atoms with Crippen molar-refractivity contribution in [1.82, 2.24) is 0 Å². The Kier molecular flexibility index (Phi) is 3.06. The van der Waals surface area contributed by atoms with Gasteiger partial charge in [0.05, 0.1) is 0 Å². The molecular formula is C13H19NO2. The number of fused-ring (bicyclic) bond motifs is 1. The van der Waals surface area contributed by atoms with Gasteiger partial charge in [-0.15, -0.1) is 0 Å². The fourth-order valence-electron chi connectivity index (χ4n) is 2.10. The second-order valence-corrected chi connectivity index (χ2v) is 4.75. The Hall–Kier alpha value is -1.22. The van der Waals surface area contributed by atoms with Crippen molar-refractivity contribution in [3.63, 3.8) is 0 Å². The molecule has 2 rings (SSSR count). The molecule has 0 atom stereocenters. The number of hydrogen-bond acceptors (Lipinski definition) is 3. The van der Waals surface area contributed by atoms with Gasteiger partial charge in [-0.05, 0) is 24.4 Å². The van der Waals surface area contributed by atoms with E-state index in [0.717, 1.165) is 17.9 Å². The van der Waals surface area contributed by atoms with Crippen LogP contribution in [0.3, 0.4) is 0 Å². The van der Waals surface area contributed by atoms with Crippen LogP contribution in [0.15, 0.2) is 18.2 Å². The van der Waals surface area contributed by atoms with E-state index in [-0.39, 0.29) is 5.41 Å². The van der Waals surface area contributed by atoms with Crippen molar-refractivity contribution in [3.05, 3.63) is 23.8 Å². The minimum absolute atomic E-state index is 0.0286. The Morgan fingerprint density at radius 2 is 2.00 bits per heavy atom. The zero-order valence-electron chi connectivity index (χ0n) is 9.95. The van der Waals surface area contributed by atoms with Crippen molar-refractivity contribution < 1.29 is 9.47 Å². The monoisotopic (exact) mass is 221 g/mol. The van der Waals surface area contributed by atoms with Gasteiger partial charge in [-0.2, -0.15) is 0 Å². The lowest BCUT2D eigenvalue weighted by molar-refractivity contribution is 0.167. The largest absolute Gasteiger partial charge is 0.486 e. The molecule has 0 bridgehead atoms. The van der Waals surface area contributed by atoms with E-state index in [1.807, 2.05) is 12.1 Å². The summed E-state index contributed by atoms with van der Waals surface area (Å²) in [5, 5.41) is 0. The number of hydrogen-bond donors (Lipinski definition) is 1. The molecule has 0 unspecified atom stereocenters. The fraction of sp³-hybridized carbons (Fsp3) is 0.538. The molecule has 16 heavy (non-hydrogen) atoms. The Balaban J connectivity index is 2.40. The van der Waals surface area contributed by atoms with Crippen LogP contribution in [0.25, 0.3) is 0 Å². The van der Waals surface area contributed by atoms with Crippen LogP contribution in [0.1, 0.15) is 25.8 Å². The molecule has 0 saturated heterocycles. The summed E-state index contributed by atoms with van der Waals surface area (Å²) in [7, 11) is 0. The van der Waals surface area contributed by atoms with E-state index in [1.165, 1.54) is 5.56 Å². The summed E-state index contributed by atoms with van der Waals surface area (Å²) in [5.74, 6) is 1.75. The van der Waals surface area contributed by atoms with Gasteiger partial charge in [-0.3, -0.25) is 0 Å². The molecule has 1 aromatic rings. The molecule has 0 fully saturated rings. The van der Waals surface area contributed by atoms with E-state index in [2.05, 4.69) is 19.9 Å². The zero-order valence-corrected chi connectivity index (χ0v) is 9.95. The highest BCUT2D eigenvalue weighted by molar-refractivity contribution is 5.50. The third kappa shape index (κ3) is 2.00. The molecule has 3 nitrogen and oxygen atoms in total. The lowest BCUT2D eigenvalue weighted by Crippen LogP contribution is -2.25. The lowest BCUT2D eigenvalue weighted by atomic mass is 9.81. The summed E-state index contributed by atoms with van der Waals surface area (Å²) in [6.07, 6.45) is 0.937. The van der Waals surface area contributed by atoms with Crippen LogP contribution in [0.4, 0.5) is 0 Å². The number of benzene rings is 1. The molecule has 0 aliphatic carbocycles. The summed E-state index contributed by atoms with van der Waals surface area (Å²) in [6, 6.07) is 6.07. The van der Waals surface area contributed by atoms with Gasteiger partial charge >= 0.3 is 0 Å². The van der Waals surface area contributed by atoms with Gasteiger partial charge in [0.25, 0.3) is 0 Å². The second-order valence-electron chi connectivity index (χ2n) is 4.75. The van der Waals surface area contributed by atoms with Gasteiger partial charge in [-0.25, -0.2) is 0 Å². The quantitative estimate of drug-likeness (QED) is 0.850. The Labute approximate surface area is 96.5 Å². The predicted octanol–water partition coefficient (Wildman–Crippen LogP) is 2.08. The molecule has 0 spiro atoms. The van der Waals surface area contributed by atoms with Crippen LogP contribution in [-0.2, 0) is 5.41 Å². The van der Waals surface area contributed by atoms with Crippen LogP contribution in [0.5, 0.6) is 11.5 Å². The highest BCUT2D eigenvalue weighted by Crippen LogP contribution is 2.41. The highest BCUT2D eigenvalue weighted by atomic mass is 16.6. The van der Waals surface area contributed by atoms with Crippen LogP contribution in [-0.4, -0.2) is 19.8 Å². The van der Waals surface area contributed by atoms with Crippen LogP contribution >= 0.6 is 0 Å².